The number of likely N-dealkylation sites (tertiary alicyclic amines) is 1. The number of benzene rings is 1. The second-order valence-corrected chi connectivity index (χ2v) is 6.88. The van der Waals surface area contributed by atoms with Crippen LogP contribution in [0, 0.1) is 5.92 Å². The number of hydrogen-bond acceptors (Lipinski definition) is 4. The van der Waals surface area contributed by atoms with E-state index in [-0.39, 0.29) is 10.8 Å². The molecule has 2 aromatic rings. The first-order valence-corrected chi connectivity index (χ1v) is 8.69. The van der Waals surface area contributed by atoms with E-state index in [0.717, 1.165) is 29.9 Å². The van der Waals surface area contributed by atoms with Gasteiger partial charge in [-0.2, -0.15) is 0 Å². The molecule has 1 aliphatic rings. The zero-order chi connectivity index (χ0) is 17.1. The van der Waals surface area contributed by atoms with Crippen molar-refractivity contribution in [2.24, 2.45) is 5.92 Å². The van der Waals surface area contributed by atoms with Crippen molar-refractivity contribution in [1.82, 2.24) is 4.90 Å². The average molecular weight is 345 g/mol. The molecular formula is C18H19NO4S. The van der Waals surface area contributed by atoms with E-state index < -0.39 is 5.97 Å². The standard InChI is InChI=1S/C18H19NO4S/c1-23-15-4-2-3-12(8-15)7-13-5-6-19(10-13)17(20)14-9-16(18(21)22)24-11-14/h2-4,8-9,11,13H,5-7,10H2,1H3,(H,21,22). The zero-order valence-electron chi connectivity index (χ0n) is 13.4. The summed E-state index contributed by atoms with van der Waals surface area (Å²) in [5, 5.41) is 10.6. The van der Waals surface area contributed by atoms with Crippen molar-refractivity contribution in [3.8, 4) is 5.75 Å². The Morgan fingerprint density at radius 1 is 1.38 bits per heavy atom. The predicted octanol–water partition coefficient (Wildman–Crippen LogP) is 3.16. The normalized spacial score (nSPS) is 17.0. The Morgan fingerprint density at radius 2 is 2.21 bits per heavy atom. The van der Waals surface area contributed by atoms with Crippen LogP contribution < -0.4 is 4.74 Å². The van der Waals surface area contributed by atoms with Gasteiger partial charge in [-0.25, -0.2) is 4.79 Å². The number of carbonyl (C=O) groups excluding carboxylic acids is 1. The van der Waals surface area contributed by atoms with Crippen LogP contribution in [0.15, 0.2) is 35.7 Å². The number of rotatable bonds is 5. The van der Waals surface area contributed by atoms with Gasteiger partial charge in [-0.15, -0.1) is 11.3 Å². The summed E-state index contributed by atoms with van der Waals surface area (Å²) in [4.78, 5) is 25.5. The van der Waals surface area contributed by atoms with Crippen LogP contribution in [0.4, 0.5) is 0 Å². The third-order valence-corrected chi connectivity index (χ3v) is 5.21. The molecule has 1 aromatic heterocycles. The SMILES string of the molecule is COc1cccc(CC2CCN(C(=O)c3csc(C(=O)O)c3)C2)c1. The van der Waals surface area contributed by atoms with Crippen molar-refractivity contribution >= 4 is 23.2 Å². The maximum atomic E-state index is 12.5. The van der Waals surface area contributed by atoms with Crippen LogP contribution in [0.1, 0.15) is 32.0 Å². The van der Waals surface area contributed by atoms with Crippen molar-refractivity contribution in [1.29, 1.82) is 0 Å². The van der Waals surface area contributed by atoms with E-state index in [1.807, 2.05) is 23.1 Å². The van der Waals surface area contributed by atoms with Crippen molar-refractivity contribution in [3.63, 3.8) is 0 Å². The van der Waals surface area contributed by atoms with Crippen LogP contribution in [0.2, 0.25) is 0 Å². The van der Waals surface area contributed by atoms with E-state index in [2.05, 4.69) is 6.07 Å². The minimum absolute atomic E-state index is 0.0770. The molecule has 1 aromatic carbocycles. The highest BCUT2D eigenvalue weighted by atomic mass is 32.1. The van der Waals surface area contributed by atoms with Crippen molar-refractivity contribution in [3.05, 3.63) is 51.7 Å². The maximum absolute atomic E-state index is 12.5. The number of carboxylic acids is 1. The lowest BCUT2D eigenvalue weighted by molar-refractivity contribution is 0.0702. The number of nitrogens with zero attached hydrogens (tertiary/aromatic N) is 1. The molecule has 0 radical (unpaired) electrons. The van der Waals surface area contributed by atoms with Gasteiger partial charge < -0.3 is 14.7 Å². The van der Waals surface area contributed by atoms with Gasteiger partial charge in [-0.05, 0) is 42.5 Å². The van der Waals surface area contributed by atoms with Crippen LogP contribution in [0.3, 0.4) is 0 Å². The molecule has 0 bridgehead atoms. The Bertz CT molecular complexity index is 755. The summed E-state index contributed by atoms with van der Waals surface area (Å²) in [5.41, 5.74) is 1.68. The second kappa shape index (κ2) is 7.05. The fourth-order valence-electron chi connectivity index (χ4n) is 3.06. The van der Waals surface area contributed by atoms with Crippen molar-refractivity contribution < 1.29 is 19.4 Å². The molecule has 24 heavy (non-hydrogen) atoms. The zero-order valence-corrected chi connectivity index (χ0v) is 14.2. The smallest absolute Gasteiger partial charge is 0.345 e. The molecule has 126 valence electrons. The Kier molecular flexibility index (Phi) is 4.85. The fraction of sp³-hybridized carbons (Fsp3) is 0.333. The van der Waals surface area contributed by atoms with Gasteiger partial charge in [0.1, 0.15) is 10.6 Å². The number of hydrogen-bond donors (Lipinski definition) is 1. The van der Waals surface area contributed by atoms with E-state index in [4.69, 9.17) is 9.84 Å². The van der Waals surface area contributed by atoms with Gasteiger partial charge in [0.25, 0.3) is 5.91 Å². The maximum Gasteiger partial charge on any atom is 0.345 e. The predicted molar refractivity (Wildman–Crippen MR) is 92.0 cm³/mol. The summed E-state index contributed by atoms with van der Waals surface area (Å²) < 4.78 is 5.25. The molecule has 5 nitrogen and oxygen atoms in total. The third kappa shape index (κ3) is 3.59. The number of methoxy groups -OCH3 is 1. The van der Waals surface area contributed by atoms with Crippen molar-refractivity contribution in [2.45, 2.75) is 12.8 Å². The summed E-state index contributed by atoms with van der Waals surface area (Å²) in [7, 11) is 1.65. The first kappa shape index (κ1) is 16.5. The van der Waals surface area contributed by atoms with Gasteiger partial charge in [-0.3, -0.25) is 4.79 Å². The molecule has 2 heterocycles. The number of amides is 1. The van der Waals surface area contributed by atoms with Crippen LogP contribution in [0.25, 0.3) is 0 Å². The molecule has 1 atom stereocenters. The Balaban J connectivity index is 1.61. The molecule has 1 unspecified atom stereocenters. The quantitative estimate of drug-likeness (QED) is 0.904. The first-order chi connectivity index (χ1) is 11.6. The van der Waals surface area contributed by atoms with Gasteiger partial charge in [-0.1, -0.05) is 12.1 Å². The lowest BCUT2D eigenvalue weighted by atomic mass is 9.98. The summed E-state index contributed by atoms with van der Waals surface area (Å²) >= 11 is 1.09. The van der Waals surface area contributed by atoms with E-state index in [1.165, 1.54) is 11.6 Å². The largest absolute Gasteiger partial charge is 0.497 e. The molecule has 1 aliphatic heterocycles. The molecular weight excluding hydrogens is 326 g/mol. The number of carbonyl (C=O) groups is 2. The molecule has 3 rings (SSSR count). The van der Waals surface area contributed by atoms with E-state index in [0.29, 0.717) is 24.6 Å². The highest BCUT2D eigenvalue weighted by Crippen LogP contribution is 2.25. The Hall–Kier alpha value is -2.34. The number of aromatic carboxylic acids is 1. The van der Waals surface area contributed by atoms with E-state index in [1.54, 1.807) is 12.5 Å². The molecule has 6 heteroatoms. The van der Waals surface area contributed by atoms with E-state index in [9.17, 15) is 9.59 Å². The lowest BCUT2D eigenvalue weighted by Gasteiger charge is -2.16. The average Bonchev–Trinajstić information content (AvgIpc) is 3.24. The first-order valence-electron chi connectivity index (χ1n) is 7.81. The molecule has 1 amide bonds. The molecule has 1 N–H and O–H groups in total. The number of thiophene rings is 1. The van der Waals surface area contributed by atoms with Crippen LogP contribution in [-0.2, 0) is 6.42 Å². The lowest BCUT2D eigenvalue weighted by Crippen LogP contribution is -2.28. The number of ether oxygens (including phenoxy) is 1. The third-order valence-electron chi connectivity index (χ3n) is 4.29. The van der Waals surface area contributed by atoms with Crippen LogP contribution >= 0.6 is 11.3 Å². The minimum atomic E-state index is -0.989. The molecule has 0 spiro atoms. The van der Waals surface area contributed by atoms with Crippen LogP contribution in [-0.4, -0.2) is 42.1 Å². The number of carboxylic acid groups (broad SMARTS) is 1. The van der Waals surface area contributed by atoms with Gasteiger partial charge in [0.15, 0.2) is 0 Å². The Morgan fingerprint density at radius 3 is 2.92 bits per heavy atom. The highest BCUT2D eigenvalue weighted by Gasteiger charge is 2.28. The Labute approximate surface area is 144 Å². The summed E-state index contributed by atoms with van der Waals surface area (Å²) in [6, 6.07) is 9.47. The van der Waals surface area contributed by atoms with Gasteiger partial charge >= 0.3 is 5.97 Å². The second-order valence-electron chi connectivity index (χ2n) is 5.97. The van der Waals surface area contributed by atoms with Crippen molar-refractivity contribution in [2.75, 3.05) is 20.2 Å². The fourth-order valence-corrected chi connectivity index (χ4v) is 3.78. The molecule has 1 saturated heterocycles. The highest BCUT2D eigenvalue weighted by molar-refractivity contribution is 7.12. The summed E-state index contributed by atoms with van der Waals surface area (Å²) in [5.74, 6) is 0.194. The van der Waals surface area contributed by atoms with Gasteiger partial charge in [0.2, 0.25) is 0 Å². The molecule has 0 saturated carbocycles. The molecule has 1 fully saturated rings. The minimum Gasteiger partial charge on any atom is -0.497 e. The summed E-state index contributed by atoms with van der Waals surface area (Å²) in [6.45, 7) is 1.42. The van der Waals surface area contributed by atoms with Gasteiger partial charge in [0, 0.05) is 18.5 Å². The van der Waals surface area contributed by atoms with E-state index >= 15 is 0 Å². The molecule has 0 aliphatic carbocycles. The monoisotopic (exact) mass is 345 g/mol. The van der Waals surface area contributed by atoms with Crippen LogP contribution in [0.5, 0.6) is 5.75 Å². The van der Waals surface area contributed by atoms with Gasteiger partial charge in [0.05, 0.1) is 12.7 Å². The summed E-state index contributed by atoms with van der Waals surface area (Å²) in [6.07, 6.45) is 1.86. The topological polar surface area (TPSA) is 66.8 Å².